The monoisotopic (exact) mass is 340 g/mol. The standard InChI is InChI=1S/C20H20O5/c1-11(2)3-8-14-15(22)9-16(23)19-17(24)10-18(25-20(14)19)12-4-6-13(21)7-5-12/h3-9,11,18,21-23H,10H2,1-2H3/b8-3+. The van der Waals surface area contributed by atoms with Gasteiger partial charge in [-0.1, -0.05) is 38.1 Å². The second kappa shape index (κ2) is 6.51. The van der Waals surface area contributed by atoms with Crippen LogP contribution in [-0.2, 0) is 0 Å². The summed E-state index contributed by atoms with van der Waals surface area (Å²) in [6, 6.07) is 7.59. The highest BCUT2D eigenvalue weighted by molar-refractivity contribution is 6.04. The number of aromatic hydroxyl groups is 3. The van der Waals surface area contributed by atoms with Crippen LogP contribution in [0, 0.1) is 5.92 Å². The quantitative estimate of drug-likeness (QED) is 0.780. The molecule has 0 spiro atoms. The molecule has 0 amide bonds. The van der Waals surface area contributed by atoms with Gasteiger partial charge in [-0.25, -0.2) is 0 Å². The van der Waals surface area contributed by atoms with Crippen molar-refractivity contribution in [2.45, 2.75) is 26.4 Å². The third kappa shape index (κ3) is 3.31. The lowest BCUT2D eigenvalue weighted by Gasteiger charge is -2.27. The van der Waals surface area contributed by atoms with E-state index in [1.54, 1.807) is 18.2 Å². The smallest absolute Gasteiger partial charge is 0.174 e. The number of phenolic OH excluding ortho intramolecular Hbond substituents is 3. The molecule has 2 aromatic carbocycles. The van der Waals surface area contributed by atoms with Crippen molar-refractivity contribution in [3.8, 4) is 23.0 Å². The molecule has 1 atom stereocenters. The summed E-state index contributed by atoms with van der Waals surface area (Å²) >= 11 is 0. The van der Waals surface area contributed by atoms with Crippen LogP contribution in [0.4, 0.5) is 0 Å². The highest BCUT2D eigenvalue weighted by atomic mass is 16.5. The van der Waals surface area contributed by atoms with Gasteiger partial charge in [0.1, 0.15) is 34.7 Å². The average molecular weight is 340 g/mol. The van der Waals surface area contributed by atoms with Gasteiger partial charge in [0.25, 0.3) is 0 Å². The van der Waals surface area contributed by atoms with Crippen molar-refractivity contribution < 1.29 is 24.9 Å². The number of allylic oxidation sites excluding steroid dienone is 1. The Labute approximate surface area is 145 Å². The van der Waals surface area contributed by atoms with Crippen LogP contribution in [0.15, 0.2) is 36.4 Å². The minimum Gasteiger partial charge on any atom is -0.508 e. The molecule has 3 N–H and O–H groups in total. The first-order valence-electron chi connectivity index (χ1n) is 8.12. The van der Waals surface area contributed by atoms with Crippen molar-refractivity contribution in [2.24, 2.45) is 5.92 Å². The molecule has 1 aliphatic heterocycles. The first-order chi connectivity index (χ1) is 11.9. The first kappa shape index (κ1) is 16.9. The van der Waals surface area contributed by atoms with Crippen molar-refractivity contribution in [1.29, 1.82) is 0 Å². The fourth-order valence-corrected chi connectivity index (χ4v) is 2.82. The van der Waals surface area contributed by atoms with Crippen LogP contribution < -0.4 is 4.74 Å². The summed E-state index contributed by atoms with van der Waals surface area (Å²) in [6.45, 7) is 3.98. The molecule has 5 heteroatoms. The van der Waals surface area contributed by atoms with E-state index in [1.807, 2.05) is 19.9 Å². The molecule has 2 aromatic rings. The molecule has 1 aliphatic rings. The molecule has 0 aliphatic carbocycles. The van der Waals surface area contributed by atoms with Crippen LogP contribution >= 0.6 is 0 Å². The topological polar surface area (TPSA) is 87.0 Å². The zero-order chi connectivity index (χ0) is 18.1. The van der Waals surface area contributed by atoms with Gasteiger partial charge in [0.2, 0.25) is 0 Å². The van der Waals surface area contributed by atoms with Crippen LogP contribution in [0.5, 0.6) is 23.0 Å². The van der Waals surface area contributed by atoms with Gasteiger partial charge >= 0.3 is 0 Å². The number of ether oxygens (including phenoxy) is 1. The summed E-state index contributed by atoms with van der Waals surface area (Å²) in [5.41, 5.74) is 1.20. The maximum Gasteiger partial charge on any atom is 0.174 e. The number of carbonyl (C=O) groups is 1. The molecule has 25 heavy (non-hydrogen) atoms. The minimum atomic E-state index is -0.548. The van der Waals surface area contributed by atoms with Crippen LogP contribution in [-0.4, -0.2) is 21.1 Å². The summed E-state index contributed by atoms with van der Waals surface area (Å²) in [5.74, 6) is -0.131. The number of Topliss-reactive ketones (excluding diaryl/α,β-unsaturated/α-hetero) is 1. The normalized spacial score (nSPS) is 16.9. The number of benzene rings is 2. The fourth-order valence-electron chi connectivity index (χ4n) is 2.82. The van der Waals surface area contributed by atoms with Gasteiger partial charge < -0.3 is 20.1 Å². The molecule has 0 saturated heterocycles. The number of carbonyl (C=O) groups excluding carboxylic acids is 1. The molecule has 0 saturated carbocycles. The van der Waals surface area contributed by atoms with Gasteiger partial charge in [0.05, 0.1) is 12.0 Å². The molecule has 1 heterocycles. The Hall–Kier alpha value is -2.95. The van der Waals surface area contributed by atoms with Crippen LogP contribution in [0.2, 0.25) is 0 Å². The Morgan fingerprint density at radius 1 is 1.12 bits per heavy atom. The number of ketones is 1. The van der Waals surface area contributed by atoms with Gasteiger partial charge in [0.15, 0.2) is 5.78 Å². The maximum absolute atomic E-state index is 12.6. The number of hydrogen-bond acceptors (Lipinski definition) is 5. The average Bonchev–Trinajstić information content (AvgIpc) is 2.54. The second-order valence-electron chi connectivity index (χ2n) is 6.46. The van der Waals surface area contributed by atoms with Gasteiger partial charge in [-0.3, -0.25) is 4.79 Å². The van der Waals surface area contributed by atoms with E-state index >= 15 is 0 Å². The lowest BCUT2D eigenvalue weighted by molar-refractivity contribution is 0.0844. The lowest BCUT2D eigenvalue weighted by atomic mass is 9.93. The Morgan fingerprint density at radius 3 is 2.44 bits per heavy atom. The number of hydrogen-bond donors (Lipinski definition) is 3. The van der Waals surface area contributed by atoms with Crippen molar-refractivity contribution >= 4 is 11.9 Å². The summed E-state index contributed by atoms with van der Waals surface area (Å²) in [6.07, 6.45) is 3.10. The van der Waals surface area contributed by atoms with Crippen LogP contribution in [0.3, 0.4) is 0 Å². The SMILES string of the molecule is CC(C)/C=C/c1c(O)cc(O)c2c1OC(c1ccc(O)cc1)CC2=O. The Balaban J connectivity index is 2.08. The van der Waals surface area contributed by atoms with Gasteiger partial charge in [-0.2, -0.15) is 0 Å². The van der Waals surface area contributed by atoms with E-state index in [-0.39, 0.29) is 46.7 Å². The predicted octanol–water partition coefficient (Wildman–Crippen LogP) is 4.18. The minimum absolute atomic E-state index is 0.0729. The van der Waals surface area contributed by atoms with Crippen molar-refractivity contribution in [3.63, 3.8) is 0 Å². The predicted molar refractivity (Wildman–Crippen MR) is 94.1 cm³/mol. The lowest BCUT2D eigenvalue weighted by Crippen LogP contribution is -2.21. The van der Waals surface area contributed by atoms with Crippen LogP contribution in [0.1, 0.15) is 47.9 Å². The molecule has 1 unspecified atom stereocenters. The largest absolute Gasteiger partial charge is 0.508 e. The van der Waals surface area contributed by atoms with E-state index in [4.69, 9.17) is 4.74 Å². The first-order valence-corrected chi connectivity index (χ1v) is 8.12. The van der Waals surface area contributed by atoms with Gasteiger partial charge in [-0.15, -0.1) is 0 Å². The van der Waals surface area contributed by atoms with E-state index in [0.29, 0.717) is 5.56 Å². The second-order valence-corrected chi connectivity index (χ2v) is 6.46. The van der Waals surface area contributed by atoms with E-state index in [1.165, 1.54) is 18.2 Å². The van der Waals surface area contributed by atoms with Gasteiger partial charge in [-0.05, 0) is 23.6 Å². The highest BCUT2D eigenvalue weighted by Crippen LogP contribution is 2.45. The Bertz CT molecular complexity index is 834. The molecule has 0 radical (unpaired) electrons. The summed E-state index contributed by atoms with van der Waals surface area (Å²) in [7, 11) is 0. The molecular weight excluding hydrogens is 320 g/mol. The third-order valence-electron chi connectivity index (χ3n) is 4.10. The maximum atomic E-state index is 12.6. The fraction of sp³-hybridized carbons (Fsp3) is 0.250. The molecular formula is C20H20O5. The highest BCUT2D eigenvalue weighted by Gasteiger charge is 2.33. The molecule has 130 valence electrons. The number of phenols is 3. The molecule has 0 fully saturated rings. The molecule has 5 nitrogen and oxygen atoms in total. The summed E-state index contributed by atoms with van der Waals surface area (Å²) in [5, 5.41) is 29.7. The number of fused-ring (bicyclic) bond motifs is 1. The Morgan fingerprint density at radius 2 is 1.80 bits per heavy atom. The summed E-state index contributed by atoms with van der Waals surface area (Å²) < 4.78 is 5.98. The van der Waals surface area contributed by atoms with Gasteiger partial charge in [0, 0.05) is 6.07 Å². The van der Waals surface area contributed by atoms with Crippen molar-refractivity contribution in [2.75, 3.05) is 0 Å². The zero-order valence-electron chi connectivity index (χ0n) is 14.1. The zero-order valence-corrected chi connectivity index (χ0v) is 14.1. The van der Waals surface area contributed by atoms with Crippen molar-refractivity contribution in [1.82, 2.24) is 0 Å². The van der Waals surface area contributed by atoms with Crippen molar-refractivity contribution in [3.05, 3.63) is 53.1 Å². The third-order valence-corrected chi connectivity index (χ3v) is 4.10. The molecule has 0 bridgehead atoms. The summed E-state index contributed by atoms with van der Waals surface area (Å²) in [4.78, 5) is 12.6. The molecule has 3 rings (SSSR count). The van der Waals surface area contributed by atoms with E-state index in [2.05, 4.69) is 0 Å². The van der Waals surface area contributed by atoms with Crippen LogP contribution in [0.25, 0.3) is 6.08 Å². The number of rotatable bonds is 3. The Kier molecular flexibility index (Phi) is 4.40. The molecule has 0 aromatic heterocycles. The van der Waals surface area contributed by atoms with E-state index < -0.39 is 6.10 Å². The van der Waals surface area contributed by atoms with E-state index in [0.717, 1.165) is 5.56 Å². The van der Waals surface area contributed by atoms with E-state index in [9.17, 15) is 20.1 Å².